The van der Waals surface area contributed by atoms with E-state index in [-0.39, 0.29) is 12.5 Å². The van der Waals surface area contributed by atoms with Crippen LogP contribution in [0.4, 0.5) is 4.79 Å². The fourth-order valence-corrected chi connectivity index (χ4v) is 2.37. The first-order chi connectivity index (χ1) is 8.11. The van der Waals surface area contributed by atoms with E-state index in [1.54, 1.807) is 4.90 Å². The van der Waals surface area contributed by atoms with Gasteiger partial charge >= 0.3 is 12.0 Å². The molecule has 2 N–H and O–H groups in total. The van der Waals surface area contributed by atoms with Crippen LogP contribution in [0, 0.1) is 0 Å². The molecule has 94 valence electrons. The largest absolute Gasteiger partial charge is 0.481 e. The van der Waals surface area contributed by atoms with Crippen molar-refractivity contribution in [2.45, 2.75) is 37.6 Å². The van der Waals surface area contributed by atoms with Gasteiger partial charge in [0.1, 0.15) is 0 Å². The normalized spacial score (nSPS) is 21.8. The fourth-order valence-electron chi connectivity index (χ4n) is 2.37. The van der Waals surface area contributed by atoms with Crippen molar-refractivity contribution in [2.24, 2.45) is 0 Å². The highest BCUT2D eigenvalue weighted by molar-refractivity contribution is 5.77. The van der Waals surface area contributed by atoms with E-state index in [0.29, 0.717) is 13.1 Å². The quantitative estimate of drug-likeness (QED) is 0.729. The molecule has 5 nitrogen and oxygen atoms in total. The zero-order valence-electron chi connectivity index (χ0n) is 9.82. The topological polar surface area (TPSA) is 69.6 Å². The SMILES string of the molecule is O=C(O)CC1(NC(=O)N2CC=CCC2)CCC1. The summed E-state index contributed by atoms with van der Waals surface area (Å²) in [4.78, 5) is 24.5. The minimum Gasteiger partial charge on any atom is -0.481 e. The Kier molecular flexibility index (Phi) is 3.36. The average Bonchev–Trinajstić information content (AvgIpc) is 2.26. The van der Waals surface area contributed by atoms with Crippen LogP contribution in [-0.4, -0.2) is 40.6 Å². The molecule has 1 aliphatic heterocycles. The number of hydrogen-bond donors (Lipinski definition) is 2. The molecule has 0 aromatic heterocycles. The zero-order chi connectivity index (χ0) is 12.3. The van der Waals surface area contributed by atoms with Gasteiger partial charge in [-0.25, -0.2) is 4.79 Å². The monoisotopic (exact) mass is 238 g/mol. The molecule has 0 radical (unpaired) electrons. The van der Waals surface area contributed by atoms with Gasteiger partial charge in [0.15, 0.2) is 0 Å². The van der Waals surface area contributed by atoms with Crippen LogP contribution in [0.15, 0.2) is 12.2 Å². The summed E-state index contributed by atoms with van der Waals surface area (Å²) < 4.78 is 0. The van der Waals surface area contributed by atoms with Gasteiger partial charge in [0.05, 0.1) is 12.0 Å². The van der Waals surface area contributed by atoms with Gasteiger partial charge in [-0.2, -0.15) is 0 Å². The van der Waals surface area contributed by atoms with Crippen LogP contribution < -0.4 is 5.32 Å². The Bertz CT molecular complexity index is 348. The Morgan fingerprint density at radius 2 is 2.12 bits per heavy atom. The Labute approximate surface area is 100 Å². The second-order valence-electron chi connectivity index (χ2n) is 4.84. The van der Waals surface area contributed by atoms with Crippen LogP contribution in [0.25, 0.3) is 0 Å². The minimum absolute atomic E-state index is 0.0302. The van der Waals surface area contributed by atoms with E-state index >= 15 is 0 Å². The van der Waals surface area contributed by atoms with Gasteiger partial charge in [-0.05, 0) is 25.7 Å². The van der Waals surface area contributed by atoms with Gasteiger partial charge in [-0.3, -0.25) is 4.79 Å². The predicted octanol–water partition coefficient (Wildman–Crippen LogP) is 1.36. The Morgan fingerprint density at radius 3 is 2.59 bits per heavy atom. The van der Waals surface area contributed by atoms with Crippen molar-refractivity contribution >= 4 is 12.0 Å². The standard InChI is InChI=1S/C12H18N2O3/c15-10(16)9-12(5-4-6-12)13-11(17)14-7-2-1-3-8-14/h1-2H,3-9H2,(H,13,17)(H,15,16). The van der Waals surface area contributed by atoms with Crippen LogP contribution >= 0.6 is 0 Å². The maximum absolute atomic E-state index is 12.0. The Hall–Kier alpha value is -1.52. The molecule has 2 rings (SSSR count). The molecule has 2 amide bonds. The highest BCUT2D eigenvalue weighted by atomic mass is 16.4. The second-order valence-corrected chi connectivity index (χ2v) is 4.84. The third kappa shape index (κ3) is 2.78. The summed E-state index contributed by atoms with van der Waals surface area (Å²) in [6.07, 6.45) is 7.46. The summed E-state index contributed by atoms with van der Waals surface area (Å²) in [6.45, 7) is 1.33. The van der Waals surface area contributed by atoms with E-state index in [9.17, 15) is 9.59 Å². The average molecular weight is 238 g/mol. The van der Waals surface area contributed by atoms with Crippen LogP contribution in [0.2, 0.25) is 0 Å². The van der Waals surface area contributed by atoms with Crippen molar-refractivity contribution < 1.29 is 14.7 Å². The van der Waals surface area contributed by atoms with E-state index < -0.39 is 11.5 Å². The molecule has 1 fully saturated rings. The lowest BCUT2D eigenvalue weighted by Crippen LogP contribution is -2.58. The summed E-state index contributed by atoms with van der Waals surface area (Å²) >= 11 is 0. The molecule has 1 heterocycles. The van der Waals surface area contributed by atoms with Gasteiger partial charge in [-0.15, -0.1) is 0 Å². The van der Waals surface area contributed by atoms with Crippen molar-refractivity contribution in [2.75, 3.05) is 13.1 Å². The lowest BCUT2D eigenvalue weighted by atomic mass is 9.74. The summed E-state index contributed by atoms with van der Waals surface area (Å²) in [5.41, 5.74) is -0.496. The molecule has 0 aromatic carbocycles. The molecule has 0 saturated heterocycles. The van der Waals surface area contributed by atoms with Gasteiger partial charge in [0, 0.05) is 13.1 Å². The van der Waals surface area contributed by atoms with Crippen molar-refractivity contribution in [1.82, 2.24) is 10.2 Å². The first-order valence-electron chi connectivity index (χ1n) is 6.05. The molecule has 0 spiro atoms. The lowest BCUT2D eigenvalue weighted by molar-refractivity contribution is -0.139. The molecule has 0 atom stereocenters. The zero-order valence-corrected chi connectivity index (χ0v) is 9.82. The van der Waals surface area contributed by atoms with E-state index in [1.807, 2.05) is 6.08 Å². The number of carboxylic acids is 1. The number of rotatable bonds is 3. The maximum atomic E-state index is 12.0. The predicted molar refractivity (Wildman–Crippen MR) is 62.7 cm³/mol. The summed E-state index contributed by atoms with van der Waals surface area (Å²) in [6, 6.07) is -0.129. The second kappa shape index (κ2) is 4.77. The summed E-state index contributed by atoms with van der Waals surface area (Å²) in [7, 11) is 0. The highest BCUT2D eigenvalue weighted by Crippen LogP contribution is 2.35. The molecule has 2 aliphatic rings. The number of carboxylic acid groups (broad SMARTS) is 1. The molecular formula is C12H18N2O3. The highest BCUT2D eigenvalue weighted by Gasteiger charge is 2.41. The summed E-state index contributed by atoms with van der Waals surface area (Å²) in [5.74, 6) is -0.844. The first kappa shape index (κ1) is 12.0. The number of carbonyl (C=O) groups is 2. The van der Waals surface area contributed by atoms with Crippen molar-refractivity contribution in [3.63, 3.8) is 0 Å². The third-order valence-corrected chi connectivity index (χ3v) is 3.52. The van der Waals surface area contributed by atoms with Crippen LogP contribution in [0.5, 0.6) is 0 Å². The smallest absolute Gasteiger partial charge is 0.318 e. The van der Waals surface area contributed by atoms with Gasteiger partial charge in [0.25, 0.3) is 0 Å². The van der Waals surface area contributed by atoms with Gasteiger partial charge in [0.2, 0.25) is 0 Å². The molecule has 1 aliphatic carbocycles. The van der Waals surface area contributed by atoms with Crippen LogP contribution in [0.3, 0.4) is 0 Å². The Balaban J connectivity index is 1.92. The fraction of sp³-hybridized carbons (Fsp3) is 0.667. The molecule has 1 saturated carbocycles. The third-order valence-electron chi connectivity index (χ3n) is 3.52. The number of hydrogen-bond acceptors (Lipinski definition) is 2. The molecular weight excluding hydrogens is 220 g/mol. The van der Waals surface area contributed by atoms with Gasteiger partial charge in [-0.1, -0.05) is 12.2 Å². The van der Waals surface area contributed by atoms with Crippen molar-refractivity contribution in [3.8, 4) is 0 Å². The first-order valence-corrected chi connectivity index (χ1v) is 6.05. The van der Waals surface area contributed by atoms with Crippen molar-refractivity contribution in [3.05, 3.63) is 12.2 Å². The number of urea groups is 1. The molecule has 0 aromatic rings. The number of aliphatic carboxylic acids is 1. The number of nitrogens with one attached hydrogen (secondary N) is 1. The number of carbonyl (C=O) groups excluding carboxylic acids is 1. The lowest BCUT2D eigenvalue weighted by Gasteiger charge is -2.42. The van der Waals surface area contributed by atoms with E-state index in [2.05, 4.69) is 11.4 Å². The summed E-state index contributed by atoms with van der Waals surface area (Å²) in [5, 5.41) is 11.8. The molecule has 0 bridgehead atoms. The minimum atomic E-state index is -0.844. The van der Waals surface area contributed by atoms with Crippen LogP contribution in [0.1, 0.15) is 32.1 Å². The van der Waals surface area contributed by atoms with Crippen LogP contribution in [-0.2, 0) is 4.79 Å². The Morgan fingerprint density at radius 1 is 1.35 bits per heavy atom. The van der Waals surface area contributed by atoms with Crippen molar-refractivity contribution in [1.29, 1.82) is 0 Å². The molecule has 17 heavy (non-hydrogen) atoms. The van der Waals surface area contributed by atoms with Gasteiger partial charge < -0.3 is 15.3 Å². The number of amides is 2. The number of nitrogens with zero attached hydrogens (tertiary/aromatic N) is 1. The molecule has 5 heteroatoms. The molecule has 0 unspecified atom stereocenters. The maximum Gasteiger partial charge on any atom is 0.318 e. The van der Waals surface area contributed by atoms with E-state index in [0.717, 1.165) is 25.7 Å². The van der Waals surface area contributed by atoms with E-state index in [1.165, 1.54) is 0 Å². The van der Waals surface area contributed by atoms with E-state index in [4.69, 9.17) is 5.11 Å².